The maximum Gasteiger partial charge on any atom is 0.509 e. The van der Waals surface area contributed by atoms with E-state index in [0.717, 1.165) is 0 Å². The van der Waals surface area contributed by atoms with Gasteiger partial charge in [0.05, 0.1) is 12.5 Å². The third-order valence-corrected chi connectivity index (χ3v) is 2.09. The minimum absolute atomic E-state index is 0.167. The highest BCUT2D eigenvalue weighted by atomic mass is 16.7. The fourth-order valence-corrected chi connectivity index (χ4v) is 1.28. The second-order valence-electron chi connectivity index (χ2n) is 3.35. The van der Waals surface area contributed by atoms with Crippen molar-refractivity contribution in [2.45, 2.75) is 12.5 Å². The SMILES string of the molecule is O=C1OCC(C#CC2CCOC(=O)O2)CO1. The molecule has 2 heterocycles. The van der Waals surface area contributed by atoms with E-state index in [0.29, 0.717) is 13.0 Å². The van der Waals surface area contributed by atoms with Crippen molar-refractivity contribution in [2.24, 2.45) is 5.92 Å². The van der Waals surface area contributed by atoms with Crippen molar-refractivity contribution in [1.82, 2.24) is 0 Å². The van der Waals surface area contributed by atoms with Crippen molar-refractivity contribution in [3.63, 3.8) is 0 Å². The first-order valence-electron chi connectivity index (χ1n) is 4.88. The maximum atomic E-state index is 10.8. The summed E-state index contributed by atoms with van der Waals surface area (Å²) in [6.07, 6.45) is -1.27. The van der Waals surface area contributed by atoms with E-state index < -0.39 is 18.4 Å². The van der Waals surface area contributed by atoms with Gasteiger partial charge < -0.3 is 18.9 Å². The Morgan fingerprint density at radius 1 is 1.00 bits per heavy atom. The van der Waals surface area contributed by atoms with E-state index in [9.17, 15) is 9.59 Å². The lowest BCUT2D eigenvalue weighted by Crippen LogP contribution is -2.28. The van der Waals surface area contributed by atoms with Crippen molar-refractivity contribution >= 4 is 12.3 Å². The summed E-state index contributed by atoms with van der Waals surface area (Å²) >= 11 is 0. The standard InChI is InChI=1S/C10H10O6/c11-9-14-5-7(6-15-9)1-2-8-3-4-13-10(12)16-8/h7-8H,3-6H2. The van der Waals surface area contributed by atoms with Crippen LogP contribution in [-0.4, -0.2) is 38.2 Å². The molecule has 0 saturated carbocycles. The number of cyclic esters (lactones) is 4. The van der Waals surface area contributed by atoms with Crippen LogP contribution < -0.4 is 0 Å². The number of hydrogen-bond donors (Lipinski definition) is 0. The summed E-state index contributed by atoms with van der Waals surface area (Å²) in [6.45, 7) is 0.736. The van der Waals surface area contributed by atoms with E-state index in [2.05, 4.69) is 26.1 Å². The third kappa shape index (κ3) is 2.79. The van der Waals surface area contributed by atoms with Gasteiger partial charge in [0, 0.05) is 6.42 Å². The highest BCUT2D eigenvalue weighted by Gasteiger charge is 2.21. The molecular formula is C10H10O6. The Bertz CT molecular complexity index is 342. The molecule has 6 nitrogen and oxygen atoms in total. The second kappa shape index (κ2) is 4.75. The summed E-state index contributed by atoms with van der Waals surface area (Å²) in [6, 6.07) is 0. The lowest BCUT2D eigenvalue weighted by molar-refractivity contribution is -0.00337. The molecule has 0 amide bonds. The maximum absolute atomic E-state index is 10.8. The van der Waals surface area contributed by atoms with E-state index in [-0.39, 0.29) is 19.1 Å². The van der Waals surface area contributed by atoms with Crippen LogP contribution in [0.5, 0.6) is 0 Å². The molecule has 1 atom stereocenters. The quantitative estimate of drug-likeness (QED) is 0.447. The van der Waals surface area contributed by atoms with Gasteiger partial charge in [0.1, 0.15) is 13.2 Å². The van der Waals surface area contributed by atoms with Gasteiger partial charge in [-0.05, 0) is 0 Å². The first kappa shape index (κ1) is 10.6. The second-order valence-corrected chi connectivity index (χ2v) is 3.35. The summed E-state index contributed by atoms with van der Waals surface area (Å²) in [4.78, 5) is 21.3. The molecule has 1 unspecified atom stereocenters. The zero-order valence-electron chi connectivity index (χ0n) is 8.43. The molecule has 2 aliphatic rings. The van der Waals surface area contributed by atoms with Crippen LogP contribution in [0.15, 0.2) is 0 Å². The Morgan fingerprint density at radius 2 is 1.75 bits per heavy atom. The van der Waals surface area contributed by atoms with Crippen molar-refractivity contribution in [2.75, 3.05) is 19.8 Å². The van der Waals surface area contributed by atoms with Crippen LogP contribution >= 0.6 is 0 Å². The van der Waals surface area contributed by atoms with Gasteiger partial charge in [-0.1, -0.05) is 11.8 Å². The Morgan fingerprint density at radius 3 is 2.44 bits per heavy atom. The molecule has 0 bridgehead atoms. The average Bonchev–Trinajstić information content (AvgIpc) is 2.28. The molecule has 2 fully saturated rings. The van der Waals surface area contributed by atoms with Gasteiger partial charge in [0.15, 0.2) is 6.10 Å². The predicted octanol–water partition coefficient (Wildman–Crippen LogP) is 0.698. The molecule has 6 heteroatoms. The van der Waals surface area contributed by atoms with Crippen molar-refractivity contribution in [3.8, 4) is 11.8 Å². The van der Waals surface area contributed by atoms with Crippen LogP contribution in [0.4, 0.5) is 9.59 Å². The van der Waals surface area contributed by atoms with Crippen LogP contribution in [-0.2, 0) is 18.9 Å². The van der Waals surface area contributed by atoms with Crippen LogP contribution in [0.2, 0.25) is 0 Å². The molecular weight excluding hydrogens is 216 g/mol. The number of hydrogen-bond acceptors (Lipinski definition) is 6. The largest absolute Gasteiger partial charge is 0.509 e. The minimum Gasteiger partial charge on any atom is -0.434 e. The third-order valence-electron chi connectivity index (χ3n) is 2.09. The molecule has 86 valence electrons. The van der Waals surface area contributed by atoms with Gasteiger partial charge in [0.2, 0.25) is 0 Å². The van der Waals surface area contributed by atoms with Gasteiger partial charge in [-0.2, -0.15) is 0 Å². The minimum atomic E-state index is -0.697. The van der Waals surface area contributed by atoms with Gasteiger partial charge in [-0.25, -0.2) is 9.59 Å². The molecule has 2 saturated heterocycles. The first-order chi connectivity index (χ1) is 7.74. The van der Waals surface area contributed by atoms with Crippen LogP contribution in [0.3, 0.4) is 0 Å². The highest BCUT2D eigenvalue weighted by Crippen LogP contribution is 2.09. The number of carbonyl (C=O) groups is 2. The van der Waals surface area contributed by atoms with Gasteiger partial charge in [0.25, 0.3) is 0 Å². The monoisotopic (exact) mass is 226 g/mol. The van der Waals surface area contributed by atoms with Gasteiger partial charge in [-0.3, -0.25) is 0 Å². The zero-order valence-corrected chi connectivity index (χ0v) is 8.43. The summed E-state index contributed by atoms with van der Waals surface area (Å²) in [7, 11) is 0. The van der Waals surface area contributed by atoms with Crippen LogP contribution in [0, 0.1) is 17.8 Å². The van der Waals surface area contributed by atoms with Crippen molar-refractivity contribution in [3.05, 3.63) is 0 Å². The molecule has 0 radical (unpaired) electrons. The molecule has 2 rings (SSSR count). The normalized spacial score (nSPS) is 25.4. The molecule has 0 aromatic heterocycles. The zero-order chi connectivity index (χ0) is 11.4. The Labute approximate surface area is 91.8 Å². The average molecular weight is 226 g/mol. The number of rotatable bonds is 0. The molecule has 0 spiro atoms. The first-order valence-corrected chi connectivity index (χ1v) is 4.88. The Kier molecular flexibility index (Phi) is 3.15. The molecule has 0 N–H and O–H groups in total. The van der Waals surface area contributed by atoms with E-state index in [1.807, 2.05) is 0 Å². The molecule has 16 heavy (non-hydrogen) atoms. The topological polar surface area (TPSA) is 71.1 Å². The lowest BCUT2D eigenvalue weighted by atomic mass is 10.1. The Hall–Kier alpha value is -1.90. The molecule has 0 aliphatic carbocycles. The highest BCUT2D eigenvalue weighted by molar-refractivity contribution is 5.61. The summed E-state index contributed by atoms with van der Waals surface area (Å²) in [5.41, 5.74) is 0. The molecule has 0 aromatic carbocycles. The number of ether oxygens (including phenoxy) is 4. The van der Waals surface area contributed by atoms with E-state index in [4.69, 9.17) is 4.74 Å². The van der Waals surface area contributed by atoms with E-state index >= 15 is 0 Å². The van der Waals surface area contributed by atoms with E-state index in [1.165, 1.54) is 0 Å². The van der Waals surface area contributed by atoms with Gasteiger partial charge >= 0.3 is 12.3 Å². The number of carbonyl (C=O) groups excluding carboxylic acids is 2. The van der Waals surface area contributed by atoms with Crippen LogP contribution in [0.1, 0.15) is 6.42 Å². The van der Waals surface area contributed by atoms with Crippen LogP contribution in [0.25, 0.3) is 0 Å². The van der Waals surface area contributed by atoms with Crippen molar-refractivity contribution in [1.29, 1.82) is 0 Å². The summed E-state index contributed by atoms with van der Waals surface area (Å²) in [5, 5.41) is 0. The molecule has 0 aromatic rings. The fourth-order valence-electron chi connectivity index (χ4n) is 1.28. The smallest absolute Gasteiger partial charge is 0.434 e. The fraction of sp³-hybridized carbons (Fsp3) is 0.600. The Balaban J connectivity index is 1.84. The van der Waals surface area contributed by atoms with Gasteiger partial charge in [-0.15, -0.1) is 0 Å². The summed E-state index contributed by atoms with van der Waals surface area (Å²) < 4.78 is 18.7. The lowest BCUT2D eigenvalue weighted by Gasteiger charge is -2.19. The van der Waals surface area contributed by atoms with E-state index in [1.54, 1.807) is 0 Å². The summed E-state index contributed by atoms with van der Waals surface area (Å²) in [5.74, 6) is 5.47. The van der Waals surface area contributed by atoms with Crippen molar-refractivity contribution < 1.29 is 28.5 Å². The predicted molar refractivity (Wildman–Crippen MR) is 49.4 cm³/mol. The molecule has 2 aliphatic heterocycles.